The minimum atomic E-state index is 0.333. The van der Waals surface area contributed by atoms with Crippen molar-refractivity contribution in [2.24, 2.45) is 0 Å². The van der Waals surface area contributed by atoms with Crippen LogP contribution in [0, 0.1) is 6.92 Å². The third-order valence-corrected chi connectivity index (χ3v) is 4.75. The van der Waals surface area contributed by atoms with Gasteiger partial charge in [0.1, 0.15) is 5.65 Å². The van der Waals surface area contributed by atoms with Crippen molar-refractivity contribution in [1.82, 2.24) is 19.3 Å². The molecule has 0 bridgehead atoms. The van der Waals surface area contributed by atoms with Crippen LogP contribution in [0.3, 0.4) is 0 Å². The molecule has 4 heterocycles. The lowest BCUT2D eigenvalue weighted by atomic mass is 10.1. The minimum absolute atomic E-state index is 0.333. The quantitative estimate of drug-likeness (QED) is 0.717. The van der Waals surface area contributed by atoms with Crippen LogP contribution in [-0.2, 0) is 17.9 Å². The summed E-state index contributed by atoms with van der Waals surface area (Å²) in [4.78, 5) is 11.7. The molecule has 3 aromatic rings. The first-order valence-electron chi connectivity index (χ1n) is 8.95. The van der Waals surface area contributed by atoms with Crippen LogP contribution in [-0.4, -0.2) is 38.5 Å². The Kier molecular flexibility index (Phi) is 4.76. The molecule has 0 aromatic carbocycles. The maximum absolute atomic E-state index is 6.06. The van der Waals surface area contributed by atoms with E-state index in [-0.39, 0.29) is 0 Å². The number of fused-ring (bicyclic) bond motifs is 1. The predicted octanol–water partition coefficient (Wildman–Crippen LogP) is 3.22. The lowest BCUT2D eigenvalue weighted by Crippen LogP contribution is -2.36. The van der Waals surface area contributed by atoms with Crippen LogP contribution in [0.2, 0.25) is 0 Å². The summed E-state index contributed by atoms with van der Waals surface area (Å²) >= 11 is 0. The Morgan fingerprint density at radius 3 is 2.72 bits per heavy atom. The molecule has 1 aliphatic heterocycles. The number of aromatic nitrogens is 3. The van der Waals surface area contributed by atoms with Gasteiger partial charge in [0.05, 0.1) is 24.1 Å². The number of aryl methyl sites for hydroxylation is 1. The summed E-state index contributed by atoms with van der Waals surface area (Å²) in [6.45, 7) is 5.65. The van der Waals surface area contributed by atoms with Crippen molar-refractivity contribution in [3.8, 4) is 0 Å². The van der Waals surface area contributed by atoms with Crippen molar-refractivity contribution < 1.29 is 4.74 Å². The highest BCUT2D eigenvalue weighted by Gasteiger charge is 2.20. The summed E-state index contributed by atoms with van der Waals surface area (Å²) in [5.41, 5.74) is 4.21. The zero-order valence-electron chi connectivity index (χ0n) is 14.6. The highest BCUT2D eigenvalue weighted by atomic mass is 16.5. The van der Waals surface area contributed by atoms with E-state index in [0.29, 0.717) is 12.7 Å². The van der Waals surface area contributed by atoms with E-state index in [0.717, 1.165) is 55.2 Å². The number of ether oxygens (including phenoxy) is 1. The molecular weight excluding hydrogens is 312 g/mol. The third kappa shape index (κ3) is 4.06. The molecule has 1 aliphatic rings. The number of piperidine rings is 1. The molecule has 130 valence electrons. The monoisotopic (exact) mass is 336 g/mol. The van der Waals surface area contributed by atoms with Gasteiger partial charge in [-0.1, -0.05) is 12.1 Å². The fourth-order valence-corrected chi connectivity index (χ4v) is 3.41. The number of likely N-dealkylation sites (tertiary alicyclic amines) is 1. The first-order valence-corrected chi connectivity index (χ1v) is 8.95. The van der Waals surface area contributed by atoms with Crippen molar-refractivity contribution >= 4 is 5.65 Å². The van der Waals surface area contributed by atoms with Crippen LogP contribution in [0.1, 0.15) is 29.9 Å². The van der Waals surface area contributed by atoms with E-state index in [2.05, 4.69) is 20.5 Å². The van der Waals surface area contributed by atoms with Gasteiger partial charge in [-0.25, -0.2) is 4.98 Å². The Labute approximate surface area is 148 Å². The smallest absolute Gasteiger partial charge is 0.137 e. The second-order valence-electron chi connectivity index (χ2n) is 6.76. The highest BCUT2D eigenvalue weighted by Crippen LogP contribution is 2.17. The summed E-state index contributed by atoms with van der Waals surface area (Å²) in [6, 6.07) is 12.2. The topological polar surface area (TPSA) is 42.7 Å². The average Bonchev–Trinajstić information content (AvgIpc) is 3.03. The Morgan fingerprint density at radius 2 is 1.92 bits per heavy atom. The molecular formula is C20H24N4O. The standard InChI is InChI=1S/C20H24N4O/c1-16-5-4-6-17(21-16)15-25-19-8-11-23(12-9-19)13-18-14-24-10-3-2-7-20(24)22-18/h2-7,10,14,19H,8-9,11-13,15H2,1H3. The van der Waals surface area contributed by atoms with Gasteiger partial charge in [0.2, 0.25) is 0 Å². The van der Waals surface area contributed by atoms with E-state index < -0.39 is 0 Å². The second kappa shape index (κ2) is 7.33. The van der Waals surface area contributed by atoms with Gasteiger partial charge in [-0.05, 0) is 44.0 Å². The number of pyridine rings is 2. The van der Waals surface area contributed by atoms with Crippen LogP contribution in [0.15, 0.2) is 48.8 Å². The van der Waals surface area contributed by atoms with Crippen molar-refractivity contribution in [3.05, 3.63) is 65.9 Å². The lowest BCUT2D eigenvalue weighted by molar-refractivity contribution is -0.00544. The van der Waals surface area contributed by atoms with Gasteiger partial charge in [0, 0.05) is 37.7 Å². The molecule has 0 spiro atoms. The normalized spacial score (nSPS) is 16.5. The van der Waals surface area contributed by atoms with Crippen LogP contribution < -0.4 is 0 Å². The Bertz CT molecular complexity index is 803. The van der Waals surface area contributed by atoms with E-state index >= 15 is 0 Å². The molecule has 0 radical (unpaired) electrons. The maximum atomic E-state index is 6.06. The molecule has 4 rings (SSSR count). The van der Waals surface area contributed by atoms with Crippen molar-refractivity contribution in [3.63, 3.8) is 0 Å². The number of hydrogen-bond acceptors (Lipinski definition) is 4. The largest absolute Gasteiger partial charge is 0.372 e. The van der Waals surface area contributed by atoms with Gasteiger partial charge < -0.3 is 9.14 Å². The molecule has 0 amide bonds. The molecule has 5 nitrogen and oxygen atoms in total. The number of rotatable bonds is 5. The molecule has 1 saturated heterocycles. The Morgan fingerprint density at radius 1 is 1.04 bits per heavy atom. The number of hydrogen-bond donors (Lipinski definition) is 0. The Balaban J connectivity index is 1.26. The van der Waals surface area contributed by atoms with Gasteiger partial charge in [-0.15, -0.1) is 0 Å². The van der Waals surface area contributed by atoms with Gasteiger partial charge in [-0.2, -0.15) is 0 Å². The summed E-state index contributed by atoms with van der Waals surface area (Å²) in [6.07, 6.45) is 6.64. The fourth-order valence-electron chi connectivity index (χ4n) is 3.41. The fraction of sp³-hybridized carbons (Fsp3) is 0.400. The summed E-state index contributed by atoms with van der Waals surface area (Å²) in [5, 5.41) is 0. The molecule has 0 N–H and O–H groups in total. The van der Waals surface area contributed by atoms with Crippen molar-refractivity contribution in [2.45, 2.75) is 39.0 Å². The minimum Gasteiger partial charge on any atom is -0.372 e. The summed E-state index contributed by atoms with van der Waals surface area (Å²) in [5.74, 6) is 0. The Hall–Kier alpha value is -2.24. The third-order valence-electron chi connectivity index (χ3n) is 4.75. The molecule has 5 heteroatoms. The van der Waals surface area contributed by atoms with E-state index in [9.17, 15) is 0 Å². The van der Waals surface area contributed by atoms with Crippen LogP contribution in [0.4, 0.5) is 0 Å². The second-order valence-corrected chi connectivity index (χ2v) is 6.76. The van der Waals surface area contributed by atoms with Crippen LogP contribution in [0.25, 0.3) is 5.65 Å². The van der Waals surface area contributed by atoms with Gasteiger partial charge in [0.15, 0.2) is 0 Å². The average molecular weight is 336 g/mol. The molecule has 25 heavy (non-hydrogen) atoms. The maximum Gasteiger partial charge on any atom is 0.137 e. The van der Waals surface area contributed by atoms with Crippen molar-refractivity contribution in [2.75, 3.05) is 13.1 Å². The highest BCUT2D eigenvalue weighted by molar-refractivity contribution is 5.39. The summed E-state index contributed by atoms with van der Waals surface area (Å²) < 4.78 is 8.15. The summed E-state index contributed by atoms with van der Waals surface area (Å²) in [7, 11) is 0. The van der Waals surface area contributed by atoms with Crippen LogP contribution in [0.5, 0.6) is 0 Å². The first-order chi connectivity index (χ1) is 12.3. The van der Waals surface area contributed by atoms with Crippen LogP contribution >= 0.6 is 0 Å². The molecule has 0 aliphatic carbocycles. The van der Waals surface area contributed by atoms with E-state index in [1.807, 2.05) is 49.5 Å². The van der Waals surface area contributed by atoms with Gasteiger partial charge in [-0.3, -0.25) is 9.88 Å². The molecule has 0 atom stereocenters. The molecule has 0 saturated carbocycles. The zero-order chi connectivity index (χ0) is 17.1. The first kappa shape index (κ1) is 16.2. The number of imidazole rings is 1. The van der Waals surface area contributed by atoms with Gasteiger partial charge >= 0.3 is 0 Å². The van der Waals surface area contributed by atoms with Gasteiger partial charge in [0.25, 0.3) is 0 Å². The van der Waals surface area contributed by atoms with E-state index in [1.165, 1.54) is 0 Å². The lowest BCUT2D eigenvalue weighted by Gasteiger charge is -2.31. The SMILES string of the molecule is Cc1cccc(COC2CCN(Cc3cn4ccccc4n3)CC2)n1. The van der Waals surface area contributed by atoms with Crippen molar-refractivity contribution in [1.29, 1.82) is 0 Å². The molecule has 3 aromatic heterocycles. The van der Waals surface area contributed by atoms with E-state index in [4.69, 9.17) is 9.72 Å². The predicted molar refractivity (Wildman–Crippen MR) is 97.3 cm³/mol. The zero-order valence-corrected chi connectivity index (χ0v) is 14.6. The van der Waals surface area contributed by atoms with E-state index in [1.54, 1.807) is 0 Å². The molecule has 1 fully saturated rings. The number of nitrogens with zero attached hydrogens (tertiary/aromatic N) is 4. The molecule has 0 unspecified atom stereocenters.